The van der Waals surface area contributed by atoms with Crippen molar-refractivity contribution < 1.29 is 22.7 Å². The Labute approximate surface area is 178 Å². The first kappa shape index (κ1) is 20.5. The van der Waals surface area contributed by atoms with E-state index in [0.717, 1.165) is 17.1 Å². The molecule has 156 valence electrons. The van der Waals surface area contributed by atoms with E-state index in [-0.39, 0.29) is 22.5 Å². The molecule has 0 spiro atoms. The molecule has 10 heteroatoms. The zero-order valence-electron chi connectivity index (χ0n) is 16.0. The van der Waals surface area contributed by atoms with E-state index in [0.29, 0.717) is 37.7 Å². The smallest absolute Gasteiger partial charge is 0.265 e. The number of thiophene rings is 1. The minimum Gasteiger partial charge on any atom is -0.454 e. The van der Waals surface area contributed by atoms with Gasteiger partial charge in [-0.3, -0.25) is 4.79 Å². The van der Waals surface area contributed by atoms with Gasteiger partial charge < -0.3 is 14.4 Å². The lowest BCUT2D eigenvalue weighted by molar-refractivity contribution is 0.0753. The summed E-state index contributed by atoms with van der Waals surface area (Å²) in [6.07, 6.45) is 0. The second-order valence-corrected chi connectivity index (χ2v) is 10.7. The first-order valence-corrected chi connectivity index (χ1v) is 12.8. The number of amides is 1. The summed E-state index contributed by atoms with van der Waals surface area (Å²) in [6.45, 7) is 3.86. The van der Waals surface area contributed by atoms with Crippen LogP contribution in [0.15, 0.2) is 34.5 Å². The number of thioether (sulfide) groups is 1. The van der Waals surface area contributed by atoms with E-state index in [4.69, 9.17) is 9.47 Å². The summed E-state index contributed by atoms with van der Waals surface area (Å²) in [4.78, 5) is 15.2. The molecule has 1 fully saturated rings. The minimum atomic E-state index is -3.67. The molecule has 2 aliphatic rings. The number of hydrogen-bond acceptors (Lipinski definition) is 7. The molecule has 0 atom stereocenters. The van der Waals surface area contributed by atoms with Gasteiger partial charge >= 0.3 is 0 Å². The number of sulfonamides is 1. The number of fused-ring (bicyclic) bond motifs is 1. The maximum absolute atomic E-state index is 13.2. The van der Waals surface area contributed by atoms with Crippen molar-refractivity contribution in [1.29, 1.82) is 0 Å². The summed E-state index contributed by atoms with van der Waals surface area (Å²) in [7, 11) is -3.67. The fraction of sp³-hybridized carbons (Fsp3) is 0.421. The third kappa shape index (κ3) is 4.11. The fourth-order valence-corrected chi connectivity index (χ4v) is 7.25. The van der Waals surface area contributed by atoms with Crippen LogP contribution < -0.4 is 9.47 Å². The third-order valence-electron chi connectivity index (χ3n) is 4.89. The molecule has 4 rings (SSSR count). The molecule has 2 aliphatic heterocycles. The number of hydrogen-bond donors (Lipinski definition) is 0. The van der Waals surface area contributed by atoms with Crippen molar-refractivity contribution in [3.63, 3.8) is 0 Å². The van der Waals surface area contributed by atoms with Crippen LogP contribution in [-0.4, -0.2) is 61.5 Å². The lowest BCUT2D eigenvalue weighted by Gasteiger charge is -2.26. The van der Waals surface area contributed by atoms with Crippen LogP contribution in [0.1, 0.15) is 22.2 Å². The Balaban J connectivity index is 1.56. The van der Waals surface area contributed by atoms with Crippen LogP contribution >= 0.6 is 23.1 Å². The summed E-state index contributed by atoms with van der Waals surface area (Å²) in [5.41, 5.74) is 0.901. The van der Waals surface area contributed by atoms with Gasteiger partial charge in [-0.2, -0.15) is 16.1 Å². The van der Waals surface area contributed by atoms with Crippen LogP contribution in [0.3, 0.4) is 0 Å². The molecule has 0 saturated carbocycles. The van der Waals surface area contributed by atoms with Gasteiger partial charge in [0, 0.05) is 37.7 Å². The molecule has 0 bridgehead atoms. The van der Waals surface area contributed by atoms with E-state index in [1.165, 1.54) is 15.6 Å². The SMILES string of the molecule is CCN(Cc1ccc2c(c1)OCO2)C(=O)c1sccc1S(=O)(=O)N1CCSCC1. The Bertz CT molecular complexity index is 999. The number of carbonyl (C=O) groups excluding carboxylic acids is 1. The Morgan fingerprint density at radius 3 is 2.69 bits per heavy atom. The van der Waals surface area contributed by atoms with Crippen molar-refractivity contribution >= 4 is 39.0 Å². The number of carbonyl (C=O) groups is 1. The van der Waals surface area contributed by atoms with Crippen LogP contribution in [0, 0.1) is 0 Å². The van der Waals surface area contributed by atoms with Crippen LogP contribution in [-0.2, 0) is 16.6 Å². The molecule has 1 saturated heterocycles. The zero-order chi connectivity index (χ0) is 20.4. The van der Waals surface area contributed by atoms with Crippen LogP contribution in [0.25, 0.3) is 0 Å². The minimum absolute atomic E-state index is 0.114. The standard InChI is InChI=1S/C19H22N2O5S3/c1-2-20(12-14-3-4-15-16(11-14)26-13-25-15)19(22)18-17(5-8-28-18)29(23,24)21-6-9-27-10-7-21/h3-5,8,11H,2,6-7,9-10,12-13H2,1H3. The van der Waals surface area contributed by atoms with E-state index >= 15 is 0 Å². The highest BCUT2D eigenvalue weighted by molar-refractivity contribution is 7.99. The van der Waals surface area contributed by atoms with Crippen molar-refractivity contribution in [3.05, 3.63) is 40.1 Å². The van der Waals surface area contributed by atoms with Gasteiger partial charge in [0.25, 0.3) is 5.91 Å². The fourth-order valence-electron chi connectivity index (χ4n) is 3.31. The van der Waals surface area contributed by atoms with E-state index in [2.05, 4.69) is 0 Å². The van der Waals surface area contributed by atoms with Crippen molar-refractivity contribution in [3.8, 4) is 11.5 Å². The van der Waals surface area contributed by atoms with Gasteiger partial charge in [0.05, 0.1) is 0 Å². The third-order valence-corrected chi connectivity index (χ3v) is 8.81. The molecule has 2 aromatic rings. The van der Waals surface area contributed by atoms with Gasteiger partial charge in [-0.1, -0.05) is 6.07 Å². The number of nitrogens with zero attached hydrogens (tertiary/aromatic N) is 2. The normalized spacial score (nSPS) is 16.7. The molecule has 1 aromatic heterocycles. The Morgan fingerprint density at radius 1 is 1.17 bits per heavy atom. The van der Waals surface area contributed by atoms with Gasteiger partial charge in [-0.25, -0.2) is 8.42 Å². The highest BCUT2D eigenvalue weighted by Gasteiger charge is 2.32. The molecule has 1 amide bonds. The number of benzene rings is 1. The average Bonchev–Trinajstić information content (AvgIpc) is 3.41. The van der Waals surface area contributed by atoms with E-state index in [1.807, 2.05) is 25.1 Å². The van der Waals surface area contributed by atoms with E-state index in [1.54, 1.807) is 28.1 Å². The topological polar surface area (TPSA) is 76.1 Å². The van der Waals surface area contributed by atoms with Crippen molar-refractivity contribution in [2.45, 2.75) is 18.4 Å². The Hall–Kier alpha value is -1.75. The Morgan fingerprint density at radius 2 is 1.93 bits per heavy atom. The predicted octanol–water partition coefficient (Wildman–Crippen LogP) is 2.88. The summed E-state index contributed by atoms with van der Waals surface area (Å²) in [6, 6.07) is 7.12. The first-order chi connectivity index (χ1) is 14.0. The first-order valence-electron chi connectivity index (χ1n) is 9.34. The molecular weight excluding hydrogens is 432 g/mol. The molecule has 0 radical (unpaired) electrons. The molecule has 1 aromatic carbocycles. The van der Waals surface area contributed by atoms with Crippen molar-refractivity contribution in [2.24, 2.45) is 0 Å². The molecular formula is C19H22N2O5S3. The maximum Gasteiger partial charge on any atom is 0.265 e. The Kier molecular flexibility index (Phi) is 6.05. The van der Waals surface area contributed by atoms with Gasteiger partial charge in [0.15, 0.2) is 11.5 Å². The zero-order valence-corrected chi connectivity index (χ0v) is 18.4. The largest absolute Gasteiger partial charge is 0.454 e. The molecule has 7 nitrogen and oxygen atoms in total. The predicted molar refractivity (Wildman–Crippen MR) is 113 cm³/mol. The molecule has 0 unspecified atom stereocenters. The van der Waals surface area contributed by atoms with Gasteiger partial charge in [-0.05, 0) is 36.1 Å². The second-order valence-electron chi connectivity index (χ2n) is 6.64. The summed E-state index contributed by atoms with van der Waals surface area (Å²) >= 11 is 2.92. The van der Waals surface area contributed by atoms with Gasteiger partial charge in [-0.15, -0.1) is 11.3 Å². The highest BCUT2D eigenvalue weighted by atomic mass is 32.2. The molecule has 0 aliphatic carbocycles. The quantitative estimate of drug-likeness (QED) is 0.668. The maximum atomic E-state index is 13.2. The molecule has 0 N–H and O–H groups in total. The number of rotatable bonds is 6. The van der Waals surface area contributed by atoms with Crippen LogP contribution in [0.4, 0.5) is 0 Å². The average molecular weight is 455 g/mol. The molecule has 29 heavy (non-hydrogen) atoms. The van der Waals surface area contributed by atoms with Gasteiger partial charge in [0.1, 0.15) is 9.77 Å². The summed E-state index contributed by atoms with van der Waals surface area (Å²) in [5.74, 6) is 2.63. The lowest BCUT2D eigenvalue weighted by Crippen LogP contribution is -2.39. The van der Waals surface area contributed by atoms with E-state index < -0.39 is 10.0 Å². The van der Waals surface area contributed by atoms with Crippen LogP contribution in [0.5, 0.6) is 11.5 Å². The summed E-state index contributed by atoms with van der Waals surface area (Å²) < 4.78 is 38.4. The van der Waals surface area contributed by atoms with Crippen LogP contribution in [0.2, 0.25) is 0 Å². The number of ether oxygens (including phenoxy) is 2. The monoisotopic (exact) mass is 454 g/mol. The summed E-state index contributed by atoms with van der Waals surface area (Å²) in [5, 5.41) is 1.67. The van der Waals surface area contributed by atoms with E-state index in [9.17, 15) is 13.2 Å². The van der Waals surface area contributed by atoms with Gasteiger partial charge in [0.2, 0.25) is 16.8 Å². The lowest BCUT2D eigenvalue weighted by atomic mass is 10.2. The highest BCUT2D eigenvalue weighted by Crippen LogP contribution is 2.33. The van der Waals surface area contributed by atoms with Crippen molar-refractivity contribution in [1.82, 2.24) is 9.21 Å². The second kappa shape index (κ2) is 8.55. The van der Waals surface area contributed by atoms with Crippen molar-refractivity contribution in [2.75, 3.05) is 37.9 Å². The molecule has 3 heterocycles.